The van der Waals surface area contributed by atoms with E-state index >= 15 is 0 Å². The van der Waals surface area contributed by atoms with Crippen LogP contribution in [0.2, 0.25) is 0 Å². The first-order valence-corrected chi connectivity index (χ1v) is 9.64. The summed E-state index contributed by atoms with van der Waals surface area (Å²) in [6.07, 6.45) is 5.35. The van der Waals surface area contributed by atoms with Gasteiger partial charge in [-0.15, -0.1) is 0 Å². The van der Waals surface area contributed by atoms with Crippen LogP contribution in [-0.2, 0) is 4.79 Å². The maximum absolute atomic E-state index is 12.4. The Morgan fingerprint density at radius 3 is 2.47 bits per heavy atom. The van der Waals surface area contributed by atoms with Crippen molar-refractivity contribution in [2.75, 3.05) is 27.3 Å². The Hall–Kier alpha value is -3.45. The van der Waals surface area contributed by atoms with Gasteiger partial charge in [-0.2, -0.15) is 0 Å². The molecule has 1 unspecified atom stereocenters. The number of carbonyl (C=O) groups excluding carboxylic acids is 1. The highest BCUT2D eigenvalue weighted by atomic mass is 16.5. The van der Waals surface area contributed by atoms with E-state index in [4.69, 9.17) is 9.47 Å². The quantitative estimate of drug-likeness (QED) is 0.544. The van der Waals surface area contributed by atoms with Gasteiger partial charge in [-0.3, -0.25) is 4.79 Å². The first-order chi connectivity index (χ1) is 14.5. The number of ketones is 1. The van der Waals surface area contributed by atoms with Gasteiger partial charge in [0, 0.05) is 37.3 Å². The second-order valence-electron chi connectivity index (χ2n) is 6.91. The van der Waals surface area contributed by atoms with Crippen molar-refractivity contribution in [1.29, 1.82) is 0 Å². The molecule has 1 fully saturated rings. The largest absolute Gasteiger partial charge is 0.504 e. The third kappa shape index (κ3) is 5.33. The van der Waals surface area contributed by atoms with Crippen LogP contribution in [0.25, 0.3) is 6.08 Å². The zero-order chi connectivity index (χ0) is 21.5. The van der Waals surface area contributed by atoms with Crippen LogP contribution in [0.3, 0.4) is 0 Å². The van der Waals surface area contributed by atoms with Crippen molar-refractivity contribution in [3.05, 3.63) is 65.4 Å². The predicted octanol–water partition coefficient (Wildman–Crippen LogP) is 2.91. The number of methoxy groups -OCH3 is 2. The third-order valence-electron chi connectivity index (χ3n) is 4.86. The highest BCUT2D eigenvalue weighted by molar-refractivity contribution is 6.02. The molecule has 158 valence electrons. The summed E-state index contributed by atoms with van der Waals surface area (Å²) in [7, 11) is 2.99. The molecule has 1 aliphatic heterocycles. The van der Waals surface area contributed by atoms with E-state index in [1.807, 2.05) is 6.07 Å². The molecule has 0 saturated carbocycles. The summed E-state index contributed by atoms with van der Waals surface area (Å²) in [5.74, 6) is 0.769. The number of aromatic hydroxyl groups is 2. The van der Waals surface area contributed by atoms with Gasteiger partial charge in [0.1, 0.15) is 0 Å². The van der Waals surface area contributed by atoms with E-state index in [0.717, 1.165) is 23.4 Å². The van der Waals surface area contributed by atoms with E-state index in [0.29, 0.717) is 24.5 Å². The van der Waals surface area contributed by atoms with Crippen molar-refractivity contribution in [2.45, 2.75) is 12.5 Å². The zero-order valence-electron chi connectivity index (χ0n) is 17.0. The van der Waals surface area contributed by atoms with Gasteiger partial charge in [-0.25, -0.2) is 0 Å². The topological polar surface area (TPSA) is 100 Å². The molecule has 0 amide bonds. The summed E-state index contributed by atoms with van der Waals surface area (Å²) in [4.78, 5) is 12.4. The minimum absolute atomic E-state index is 0.0149. The number of phenols is 2. The van der Waals surface area contributed by atoms with Crippen molar-refractivity contribution in [2.24, 2.45) is 0 Å². The summed E-state index contributed by atoms with van der Waals surface area (Å²) in [6, 6.07) is 10.1. The third-order valence-corrected chi connectivity index (χ3v) is 4.86. The van der Waals surface area contributed by atoms with Crippen LogP contribution in [0.4, 0.5) is 0 Å². The number of carbonyl (C=O) groups is 1. The molecule has 0 aliphatic carbocycles. The fourth-order valence-electron chi connectivity index (χ4n) is 3.29. The highest BCUT2D eigenvalue weighted by Crippen LogP contribution is 2.31. The van der Waals surface area contributed by atoms with E-state index in [1.165, 1.54) is 26.4 Å². The number of allylic oxidation sites excluding steroid dienone is 2. The molecule has 1 heterocycles. The molecule has 4 N–H and O–H groups in total. The molecule has 3 rings (SSSR count). The van der Waals surface area contributed by atoms with E-state index in [2.05, 4.69) is 10.6 Å². The van der Waals surface area contributed by atoms with Crippen LogP contribution in [0.15, 0.2) is 54.2 Å². The average molecular weight is 410 g/mol. The molecule has 1 aliphatic rings. The van der Waals surface area contributed by atoms with Crippen LogP contribution in [0, 0.1) is 0 Å². The van der Waals surface area contributed by atoms with Gasteiger partial charge < -0.3 is 30.3 Å². The molecule has 1 saturated heterocycles. The van der Waals surface area contributed by atoms with Crippen LogP contribution in [-0.4, -0.2) is 43.3 Å². The van der Waals surface area contributed by atoms with E-state index in [1.54, 1.807) is 36.4 Å². The number of rotatable bonds is 6. The van der Waals surface area contributed by atoms with Crippen molar-refractivity contribution in [3.63, 3.8) is 0 Å². The summed E-state index contributed by atoms with van der Waals surface area (Å²) < 4.78 is 10.3. The molecule has 0 spiro atoms. The highest BCUT2D eigenvalue weighted by Gasteiger charge is 2.18. The minimum Gasteiger partial charge on any atom is -0.504 e. The summed E-state index contributed by atoms with van der Waals surface area (Å²) in [5.41, 5.74) is 2.55. The van der Waals surface area contributed by atoms with Gasteiger partial charge in [0.25, 0.3) is 0 Å². The van der Waals surface area contributed by atoms with Crippen molar-refractivity contribution < 1.29 is 24.5 Å². The average Bonchev–Trinajstić information content (AvgIpc) is 2.99. The van der Waals surface area contributed by atoms with Gasteiger partial charge in [-0.1, -0.05) is 18.2 Å². The summed E-state index contributed by atoms with van der Waals surface area (Å²) in [6.45, 7) is 1.44. The molecule has 2 aromatic rings. The van der Waals surface area contributed by atoms with Gasteiger partial charge in [0.05, 0.1) is 14.2 Å². The summed E-state index contributed by atoms with van der Waals surface area (Å²) in [5, 5.41) is 26.2. The second kappa shape index (κ2) is 9.84. The maximum Gasteiger partial charge on any atom is 0.180 e. The summed E-state index contributed by atoms with van der Waals surface area (Å²) >= 11 is 0. The minimum atomic E-state index is -0.145. The lowest BCUT2D eigenvalue weighted by molar-refractivity contribution is -0.110. The lowest BCUT2D eigenvalue weighted by Crippen LogP contribution is -2.23. The Kier molecular flexibility index (Phi) is 6.98. The Labute approximate surface area is 175 Å². The first-order valence-electron chi connectivity index (χ1n) is 9.64. The number of phenolic OH excluding ortho intramolecular Hbond substituents is 2. The lowest BCUT2D eigenvalue weighted by Gasteiger charge is -2.17. The maximum atomic E-state index is 12.4. The lowest BCUT2D eigenvalue weighted by atomic mass is 10.0. The Bertz CT molecular complexity index is 968. The SMILES string of the molecule is COc1cc(/C=C/C(=O)/C=C2/CC(c3ccc(O)c(OC)c3)NCCN2)ccc1O. The molecule has 7 heteroatoms. The smallest absolute Gasteiger partial charge is 0.180 e. The normalized spacial score (nSPS) is 18.1. The van der Waals surface area contributed by atoms with E-state index < -0.39 is 0 Å². The Morgan fingerprint density at radius 1 is 1.03 bits per heavy atom. The standard InChI is InChI=1S/C23H26N2O5/c1-29-22-11-15(4-7-20(22)27)3-6-18(26)13-17-14-19(25-10-9-24-17)16-5-8-21(28)23(12-16)30-2/h3-8,11-13,19,24-25,27-28H,9-10,14H2,1-2H3/b6-3+,17-13-. The predicted molar refractivity (Wildman–Crippen MR) is 115 cm³/mol. The molecule has 2 aromatic carbocycles. The van der Waals surface area contributed by atoms with Gasteiger partial charge in [0.2, 0.25) is 0 Å². The van der Waals surface area contributed by atoms with Gasteiger partial charge in [-0.05, 0) is 41.5 Å². The number of nitrogens with one attached hydrogen (secondary N) is 2. The van der Waals surface area contributed by atoms with Crippen molar-refractivity contribution >= 4 is 11.9 Å². The fourth-order valence-corrected chi connectivity index (χ4v) is 3.29. The second-order valence-corrected chi connectivity index (χ2v) is 6.91. The Morgan fingerprint density at radius 2 is 1.73 bits per heavy atom. The van der Waals surface area contributed by atoms with E-state index in [-0.39, 0.29) is 23.3 Å². The van der Waals surface area contributed by atoms with Crippen molar-refractivity contribution in [1.82, 2.24) is 10.6 Å². The molecule has 30 heavy (non-hydrogen) atoms. The molecule has 0 aromatic heterocycles. The number of hydrogen-bond donors (Lipinski definition) is 4. The van der Waals surface area contributed by atoms with Gasteiger partial charge in [0.15, 0.2) is 28.8 Å². The number of hydrogen-bond acceptors (Lipinski definition) is 7. The monoisotopic (exact) mass is 410 g/mol. The van der Waals surface area contributed by atoms with Crippen LogP contribution in [0.1, 0.15) is 23.6 Å². The first kappa shape index (κ1) is 21.3. The van der Waals surface area contributed by atoms with Gasteiger partial charge >= 0.3 is 0 Å². The fraction of sp³-hybridized carbons (Fsp3) is 0.261. The van der Waals surface area contributed by atoms with Crippen molar-refractivity contribution in [3.8, 4) is 23.0 Å². The molecule has 0 bridgehead atoms. The van der Waals surface area contributed by atoms with Crippen LogP contribution in [0.5, 0.6) is 23.0 Å². The Balaban J connectivity index is 1.73. The number of benzene rings is 2. The van der Waals surface area contributed by atoms with Crippen LogP contribution < -0.4 is 20.1 Å². The molecule has 1 atom stereocenters. The number of ether oxygens (including phenoxy) is 2. The zero-order valence-corrected chi connectivity index (χ0v) is 17.0. The molecular formula is C23H26N2O5. The van der Waals surface area contributed by atoms with E-state index in [9.17, 15) is 15.0 Å². The van der Waals surface area contributed by atoms with Crippen LogP contribution >= 0.6 is 0 Å². The molecular weight excluding hydrogens is 384 g/mol. The molecule has 0 radical (unpaired) electrons. The molecule has 7 nitrogen and oxygen atoms in total.